The van der Waals surface area contributed by atoms with Crippen LogP contribution in [0.2, 0.25) is 10.0 Å². The zero-order chi connectivity index (χ0) is 21.2. The van der Waals surface area contributed by atoms with E-state index in [-0.39, 0.29) is 34.4 Å². The van der Waals surface area contributed by atoms with Crippen LogP contribution in [-0.2, 0) is 4.74 Å². The molecule has 0 saturated heterocycles. The molecule has 0 saturated carbocycles. The van der Waals surface area contributed by atoms with Crippen molar-refractivity contribution in [3.8, 4) is 11.5 Å². The van der Waals surface area contributed by atoms with Gasteiger partial charge in [0.05, 0.1) is 23.3 Å². The molecule has 1 rings (SSSR count). The summed E-state index contributed by atoms with van der Waals surface area (Å²) >= 11 is 28.3. The summed E-state index contributed by atoms with van der Waals surface area (Å²) in [4.78, 5) is 0. The van der Waals surface area contributed by atoms with Gasteiger partial charge in [-0.2, -0.15) is 13.2 Å². The van der Waals surface area contributed by atoms with Crippen LogP contribution in [0, 0.1) is 0 Å². The molecule has 0 aliphatic heterocycles. The van der Waals surface area contributed by atoms with Crippen molar-refractivity contribution < 1.29 is 27.4 Å². The number of halogens is 8. The van der Waals surface area contributed by atoms with E-state index in [9.17, 15) is 13.2 Å². The van der Waals surface area contributed by atoms with Gasteiger partial charge in [0.2, 0.25) is 0 Å². The van der Waals surface area contributed by atoms with Gasteiger partial charge >= 0.3 is 6.18 Å². The Balaban J connectivity index is 2.33. The molecule has 0 unspecified atom stereocenters. The molecular weight excluding hydrogens is 486 g/mol. The average Bonchev–Trinajstić information content (AvgIpc) is 2.57. The Bertz CT molecular complexity index is 666. The third-order valence-electron chi connectivity index (χ3n) is 3.04. The van der Waals surface area contributed by atoms with E-state index < -0.39 is 11.2 Å². The molecule has 158 valence electrons. The van der Waals surface area contributed by atoms with Crippen LogP contribution >= 0.6 is 58.0 Å². The number of allylic oxidation sites excluding steroid dienone is 1. The lowest BCUT2D eigenvalue weighted by Crippen LogP contribution is -2.08. The molecule has 0 bridgehead atoms. The molecule has 0 radical (unpaired) electrons. The third kappa shape index (κ3) is 10.3. The molecule has 0 aliphatic rings. The standard InChI is InChI=1S/C17H16Cl5F3O3/c18-12-9-11(27-8-4-15(21)22)10-13(19)16(12)28-6-2-1-5-26-7-3-14(20)17(23,24)25/h3-4,9-10H,1-2,5-8H2. The van der Waals surface area contributed by atoms with E-state index in [1.54, 1.807) is 12.1 Å². The van der Waals surface area contributed by atoms with Crippen LogP contribution in [-0.4, -0.2) is 32.6 Å². The first-order valence-corrected chi connectivity index (χ1v) is 9.76. The van der Waals surface area contributed by atoms with Crippen molar-refractivity contribution in [1.82, 2.24) is 0 Å². The normalized spacial score (nSPS) is 12.1. The quantitative estimate of drug-likeness (QED) is 0.292. The Morgan fingerprint density at radius 3 is 2.07 bits per heavy atom. The largest absolute Gasteiger partial charge is 0.490 e. The minimum absolute atomic E-state index is 0.0839. The van der Waals surface area contributed by atoms with Crippen molar-refractivity contribution >= 4 is 58.0 Å². The highest BCUT2D eigenvalue weighted by atomic mass is 35.5. The van der Waals surface area contributed by atoms with Crippen molar-refractivity contribution in [1.29, 1.82) is 0 Å². The molecule has 0 aliphatic carbocycles. The Labute approximate surface area is 185 Å². The molecule has 0 spiro atoms. The molecule has 1 aromatic rings. The fraction of sp³-hybridized carbons (Fsp3) is 0.412. The molecule has 0 atom stereocenters. The predicted octanol–water partition coefficient (Wildman–Crippen LogP) is 7.55. The molecule has 28 heavy (non-hydrogen) atoms. The Morgan fingerprint density at radius 2 is 1.50 bits per heavy atom. The Morgan fingerprint density at radius 1 is 0.893 bits per heavy atom. The minimum atomic E-state index is -4.55. The summed E-state index contributed by atoms with van der Waals surface area (Å²) in [5.41, 5.74) is 0. The molecule has 3 nitrogen and oxygen atoms in total. The van der Waals surface area contributed by atoms with Gasteiger partial charge in [-0.05, 0) is 25.0 Å². The van der Waals surface area contributed by atoms with Crippen LogP contribution in [0.5, 0.6) is 11.5 Å². The van der Waals surface area contributed by atoms with Gasteiger partial charge in [0, 0.05) is 18.7 Å². The van der Waals surface area contributed by atoms with Crippen LogP contribution < -0.4 is 9.47 Å². The van der Waals surface area contributed by atoms with Gasteiger partial charge in [-0.15, -0.1) is 0 Å². The SMILES string of the molecule is FC(F)(F)C(Cl)=CCOCCCCOc1c(Cl)cc(OCC=C(Cl)Cl)cc1Cl. The highest BCUT2D eigenvalue weighted by Gasteiger charge is 2.31. The zero-order valence-electron chi connectivity index (χ0n) is 14.3. The number of rotatable bonds is 11. The highest BCUT2D eigenvalue weighted by molar-refractivity contribution is 6.55. The summed E-state index contributed by atoms with van der Waals surface area (Å²) in [5, 5.41) is -0.660. The predicted molar refractivity (Wildman–Crippen MR) is 107 cm³/mol. The van der Waals surface area contributed by atoms with E-state index in [2.05, 4.69) is 0 Å². The van der Waals surface area contributed by atoms with Crippen LogP contribution in [0.15, 0.2) is 33.8 Å². The second kappa shape index (κ2) is 12.9. The van der Waals surface area contributed by atoms with E-state index in [1.165, 1.54) is 6.08 Å². The van der Waals surface area contributed by atoms with Gasteiger partial charge in [0.25, 0.3) is 0 Å². The van der Waals surface area contributed by atoms with Crippen LogP contribution in [0.25, 0.3) is 0 Å². The average molecular weight is 503 g/mol. The first-order chi connectivity index (χ1) is 13.1. The van der Waals surface area contributed by atoms with Crippen LogP contribution in [0.1, 0.15) is 12.8 Å². The fourth-order valence-corrected chi connectivity index (χ4v) is 2.54. The Kier molecular flexibility index (Phi) is 11.8. The molecule has 0 amide bonds. The number of ether oxygens (including phenoxy) is 3. The first kappa shape index (κ1) is 25.5. The Hall–Kier alpha value is -0.500. The molecule has 1 aromatic carbocycles. The van der Waals surface area contributed by atoms with E-state index >= 15 is 0 Å². The van der Waals surface area contributed by atoms with Gasteiger partial charge in [-0.1, -0.05) is 58.0 Å². The van der Waals surface area contributed by atoms with E-state index in [0.29, 0.717) is 30.9 Å². The van der Waals surface area contributed by atoms with Crippen molar-refractivity contribution in [2.75, 3.05) is 26.4 Å². The summed E-state index contributed by atoms with van der Waals surface area (Å²) in [5.74, 6) is 0.731. The maximum atomic E-state index is 12.2. The van der Waals surface area contributed by atoms with Gasteiger partial charge in [-0.3, -0.25) is 0 Å². The molecular formula is C17H16Cl5F3O3. The maximum Gasteiger partial charge on any atom is 0.426 e. The van der Waals surface area contributed by atoms with Gasteiger partial charge < -0.3 is 14.2 Å². The molecule has 0 fully saturated rings. The van der Waals surface area contributed by atoms with Crippen LogP contribution in [0.3, 0.4) is 0 Å². The summed E-state index contributed by atoms with van der Waals surface area (Å²) in [6, 6.07) is 3.08. The lowest BCUT2D eigenvalue weighted by molar-refractivity contribution is -0.0850. The van der Waals surface area contributed by atoms with Crippen LogP contribution in [0.4, 0.5) is 13.2 Å². The van der Waals surface area contributed by atoms with E-state index in [4.69, 9.17) is 72.2 Å². The summed E-state index contributed by atoms with van der Waals surface area (Å²) in [6.45, 7) is 0.487. The van der Waals surface area contributed by atoms with Gasteiger partial charge in [0.1, 0.15) is 21.9 Å². The highest BCUT2D eigenvalue weighted by Crippen LogP contribution is 2.37. The second-order valence-corrected chi connectivity index (χ2v) is 7.43. The van der Waals surface area contributed by atoms with E-state index in [0.717, 1.165) is 6.08 Å². The van der Waals surface area contributed by atoms with Crippen molar-refractivity contribution in [2.45, 2.75) is 19.0 Å². The zero-order valence-corrected chi connectivity index (χ0v) is 18.1. The summed E-state index contributed by atoms with van der Waals surface area (Å²) in [6.07, 6.45) is -1.16. The van der Waals surface area contributed by atoms with Crippen molar-refractivity contribution in [3.05, 3.63) is 43.9 Å². The summed E-state index contributed by atoms with van der Waals surface area (Å²) < 4.78 is 52.5. The van der Waals surface area contributed by atoms with Crippen molar-refractivity contribution in [2.24, 2.45) is 0 Å². The summed E-state index contributed by atoms with van der Waals surface area (Å²) in [7, 11) is 0. The third-order valence-corrected chi connectivity index (χ3v) is 4.28. The van der Waals surface area contributed by atoms with E-state index in [1.807, 2.05) is 0 Å². The van der Waals surface area contributed by atoms with Gasteiger partial charge in [-0.25, -0.2) is 0 Å². The molecule has 0 heterocycles. The number of alkyl halides is 3. The number of hydrogen-bond donors (Lipinski definition) is 0. The number of benzene rings is 1. The van der Waals surface area contributed by atoms with Gasteiger partial charge in [0.15, 0.2) is 5.75 Å². The molecule has 0 N–H and O–H groups in total. The van der Waals surface area contributed by atoms with Crippen molar-refractivity contribution in [3.63, 3.8) is 0 Å². The molecule has 11 heteroatoms. The number of hydrogen-bond acceptors (Lipinski definition) is 3. The lowest BCUT2D eigenvalue weighted by Gasteiger charge is -2.12. The first-order valence-electron chi connectivity index (χ1n) is 7.87. The minimum Gasteiger partial charge on any atom is -0.490 e. The fourth-order valence-electron chi connectivity index (χ4n) is 1.77. The molecule has 0 aromatic heterocycles. The second-order valence-electron chi connectivity index (χ2n) is 5.20. The maximum absolute atomic E-state index is 12.2. The number of unbranched alkanes of at least 4 members (excludes halogenated alkanes) is 1. The topological polar surface area (TPSA) is 27.7 Å². The lowest BCUT2D eigenvalue weighted by atomic mass is 10.3. The smallest absolute Gasteiger partial charge is 0.426 e. The monoisotopic (exact) mass is 500 g/mol.